The van der Waals surface area contributed by atoms with E-state index >= 15 is 0 Å². The number of nitrogens with zero attached hydrogens (tertiary/aromatic N) is 2. The number of benzene rings is 2. The molecule has 0 saturated carbocycles. The molecule has 0 aliphatic carbocycles. The Bertz CT molecular complexity index is 1020. The van der Waals surface area contributed by atoms with Crippen LogP contribution in [0, 0.1) is 0 Å². The van der Waals surface area contributed by atoms with E-state index in [9.17, 15) is 14.4 Å². The number of hydrogen-bond donors (Lipinski definition) is 4. The first kappa shape index (κ1) is 22.4. The number of nitrogens with two attached hydrogens (primary N) is 1. The largest absolute Gasteiger partial charge is 0.370 e. The lowest BCUT2D eigenvalue weighted by Gasteiger charge is -2.30. The number of primary amides is 1. The average molecular weight is 451 g/mol. The molecule has 2 aromatic rings. The minimum absolute atomic E-state index is 0.0213. The number of urea groups is 1. The van der Waals surface area contributed by atoms with E-state index in [-0.39, 0.29) is 11.9 Å². The number of anilines is 3. The Hall–Kier alpha value is -3.75. The van der Waals surface area contributed by atoms with E-state index in [2.05, 4.69) is 20.9 Å². The molecule has 9 nitrogen and oxygen atoms in total. The molecule has 0 aromatic heterocycles. The van der Waals surface area contributed by atoms with Crippen LogP contribution >= 0.6 is 0 Å². The smallest absolute Gasteiger partial charge is 0.319 e. The Morgan fingerprint density at radius 1 is 0.970 bits per heavy atom. The van der Waals surface area contributed by atoms with E-state index in [4.69, 9.17) is 5.73 Å². The zero-order valence-electron chi connectivity index (χ0n) is 18.6. The van der Waals surface area contributed by atoms with Crippen molar-refractivity contribution >= 4 is 34.9 Å². The van der Waals surface area contributed by atoms with Gasteiger partial charge >= 0.3 is 6.03 Å². The number of nitrogens with one attached hydrogen (secondary N) is 3. The molecule has 0 radical (unpaired) electrons. The van der Waals surface area contributed by atoms with Gasteiger partial charge in [0.25, 0.3) is 0 Å². The van der Waals surface area contributed by atoms with Crippen LogP contribution in [-0.2, 0) is 11.3 Å². The second kappa shape index (κ2) is 10.2. The normalized spacial score (nSPS) is 16.2. The van der Waals surface area contributed by atoms with E-state index in [0.29, 0.717) is 30.9 Å². The zero-order valence-corrected chi connectivity index (χ0v) is 18.6. The van der Waals surface area contributed by atoms with Gasteiger partial charge in [-0.15, -0.1) is 0 Å². The van der Waals surface area contributed by atoms with Gasteiger partial charge in [-0.2, -0.15) is 0 Å². The molecule has 174 valence electrons. The highest BCUT2D eigenvalue weighted by atomic mass is 16.2. The van der Waals surface area contributed by atoms with Crippen molar-refractivity contribution in [3.63, 3.8) is 0 Å². The molecule has 33 heavy (non-hydrogen) atoms. The maximum absolute atomic E-state index is 12.6. The monoisotopic (exact) mass is 450 g/mol. The molecular formula is C24H30N6O3. The van der Waals surface area contributed by atoms with Crippen LogP contribution < -0.4 is 31.5 Å². The number of piperidine rings is 1. The van der Waals surface area contributed by atoms with Crippen LogP contribution in [-0.4, -0.2) is 50.6 Å². The van der Waals surface area contributed by atoms with Crippen LogP contribution in [0.25, 0.3) is 0 Å². The molecule has 2 aliphatic rings. The molecule has 0 bridgehead atoms. The molecule has 4 rings (SSSR count). The highest BCUT2D eigenvalue weighted by Crippen LogP contribution is 2.29. The summed E-state index contributed by atoms with van der Waals surface area (Å²) < 4.78 is 0. The summed E-state index contributed by atoms with van der Waals surface area (Å²) in [5.41, 5.74) is 9.19. The summed E-state index contributed by atoms with van der Waals surface area (Å²) >= 11 is 0. The summed E-state index contributed by atoms with van der Waals surface area (Å²) in [4.78, 5) is 40.1. The maximum Gasteiger partial charge on any atom is 0.319 e. The van der Waals surface area contributed by atoms with Crippen molar-refractivity contribution in [2.45, 2.75) is 25.8 Å². The minimum Gasteiger partial charge on any atom is -0.370 e. The Morgan fingerprint density at radius 2 is 1.73 bits per heavy atom. The first-order valence-electron chi connectivity index (χ1n) is 11.3. The second-order valence-electron chi connectivity index (χ2n) is 8.39. The van der Waals surface area contributed by atoms with Gasteiger partial charge in [-0.25, -0.2) is 4.79 Å². The van der Waals surface area contributed by atoms with Crippen molar-refractivity contribution in [2.24, 2.45) is 5.73 Å². The summed E-state index contributed by atoms with van der Waals surface area (Å²) in [6.07, 6.45) is 3.39. The van der Waals surface area contributed by atoms with Gasteiger partial charge < -0.3 is 31.5 Å². The Labute approximate surface area is 193 Å². The lowest BCUT2D eigenvalue weighted by atomic mass is 10.1. The van der Waals surface area contributed by atoms with Gasteiger partial charge in [0.1, 0.15) is 0 Å². The summed E-state index contributed by atoms with van der Waals surface area (Å²) in [6, 6.07) is 12.6. The predicted molar refractivity (Wildman–Crippen MR) is 129 cm³/mol. The number of rotatable bonds is 6. The van der Waals surface area contributed by atoms with Crippen LogP contribution in [0.2, 0.25) is 0 Å². The van der Waals surface area contributed by atoms with Crippen LogP contribution in [0.5, 0.6) is 0 Å². The maximum atomic E-state index is 12.6. The van der Waals surface area contributed by atoms with E-state index in [1.807, 2.05) is 35.2 Å². The van der Waals surface area contributed by atoms with Crippen molar-refractivity contribution in [2.75, 3.05) is 47.8 Å². The molecule has 2 fully saturated rings. The van der Waals surface area contributed by atoms with Gasteiger partial charge in [-0.3, -0.25) is 9.59 Å². The van der Waals surface area contributed by atoms with E-state index < -0.39 is 5.91 Å². The molecule has 2 heterocycles. The Balaban J connectivity index is 1.38. The van der Waals surface area contributed by atoms with Gasteiger partial charge in [0.2, 0.25) is 11.8 Å². The molecule has 0 unspecified atom stereocenters. The molecule has 0 spiro atoms. The molecular weight excluding hydrogens is 420 g/mol. The van der Waals surface area contributed by atoms with Crippen LogP contribution in [0.15, 0.2) is 42.5 Å². The highest BCUT2D eigenvalue weighted by Gasteiger charge is 2.18. The lowest BCUT2D eigenvalue weighted by molar-refractivity contribution is -0.120. The third kappa shape index (κ3) is 5.74. The zero-order chi connectivity index (χ0) is 23.2. The fraction of sp³-hybridized carbons (Fsp3) is 0.375. The summed E-state index contributed by atoms with van der Waals surface area (Å²) in [7, 11) is 0. The van der Waals surface area contributed by atoms with Gasteiger partial charge in [-0.1, -0.05) is 12.1 Å². The molecule has 2 saturated heterocycles. The number of piperazine rings is 1. The lowest BCUT2D eigenvalue weighted by Crippen LogP contribution is -2.47. The summed E-state index contributed by atoms with van der Waals surface area (Å²) in [6.45, 7) is 3.94. The third-order valence-corrected chi connectivity index (χ3v) is 6.02. The average Bonchev–Trinajstić information content (AvgIpc) is 2.83. The Kier molecular flexibility index (Phi) is 6.97. The molecule has 0 atom stereocenters. The summed E-state index contributed by atoms with van der Waals surface area (Å²) in [5, 5.41) is 8.58. The molecule has 2 aliphatic heterocycles. The fourth-order valence-electron chi connectivity index (χ4n) is 4.23. The van der Waals surface area contributed by atoms with E-state index in [1.54, 1.807) is 12.1 Å². The van der Waals surface area contributed by atoms with Crippen LogP contribution in [0.4, 0.5) is 21.9 Å². The quantitative estimate of drug-likeness (QED) is 0.537. The van der Waals surface area contributed by atoms with E-state index in [1.165, 1.54) is 6.42 Å². The Morgan fingerprint density at radius 3 is 2.42 bits per heavy atom. The summed E-state index contributed by atoms with van der Waals surface area (Å²) in [5.74, 6) is -0.511. The van der Waals surface area contributed by atoms with Crippen molar-refractivity contribution in [3.8, 4) is 0 Å². The highest BCUT2D eigenvalue weighted by molar-refractivity contribution is 5.99. The second-order valence-corrected chi connectivity index (χ2v) is 8.39. The molecule has 9 heteroatoms. The third-order valence-electron chi connectivity index (χ3n) is 6.02. The van der Waals surface area contributed by atoms with Gasteiger partial charge in [0.05, 0.1) is 17.9 Å². The SMILES string of the molecule is NC(=O)c1ccc(N2CCCCC2)c(NC(=O)NCc2ccc(N3CCNC(=O)C3)cc2)c1. The van der Waals surface area contributed by atoms with Gasteiger partial charge in [-0.05, 0) is 55.2 Å². The first-order chi connectivity index (χ1) is 16.0. The van der Waals surface area contributed by atoms with Crippen LogP contribution in [0.3, 0.4) is 0 Å². The van der Waals surface area contributed by atoms with Crippen LogP contribution in [0.1, 0.15) is 35.2 Å². The predicted octanol–water partition coefficient (Wildman–Crippen LogP) is 2.03. The van der Waals surface area contributed by atoms with Crippen molar-refractivity contribution in [3.05, 3.63) is 53.6 Å². The van der Waals surface area contributed by atoms with Gasteiger partial charge in [0, 0.05) is 44.0 Å². The molecule has 4 amide bonds. The molecule has 2 aromatic carbocycles. The number of carbonyl (C=O) groups is 3. The minimum atomic E-state index is -0.532. The topological polar surface area (TPSA) is 120 Å². The van der Waals surface area contributed by atoms with Crippen molar-refractivity contribution in [1.29, 1.82) is 0 Å². The number of hydrogen-bond acceptors (Lipinski definition) is 5. The first-order valence-corrected chi connectivity index (χ1v) is 11.3. The standard InChI is InChI=1S/C24H30N6O3/c25-23(32)18-6-9-21(29-11-2-1-3-12-29)20(14-18)28-24(33)27-15-17-4-7-19(8-5-17)30-13-10-26-22(31)16-30/h4-9,14H,1-3,10-13,15-16H2,(H2,25,32)(H,26,31)(H2,27,28,33). The van der Waals surface area contributed by atoms with Crippen molar-refractivity contribution < 1.29 is 14.4 Å². The number of carbonyl (C=O) groups excluding carboxylic acids is 3. The molecule has 5 N–H and O–H groups in total. The fourth-order valence-corrected chi connectivity index (χ4v) is 4.23. The van der Waals surface area contributed by atoms with E-state index in [0.717, 1.165) is 49.4 Å². The number of amides is 4. The van der Waals surface area contributed by atoms with Gasteiger partial charge in [0.15, 0.2) is 0 Å². The van der Waals surface area contributed by atoms with Crippen molar-refractivity contribution in [1.82, 2.24) is 10.6 Å².